The zero-order chi connectivity index (χ0) is 19.8. The molecule has 0 aromatic heterocycles. The number of benzene rings is 2. The predicted octanol–water partition coefficient (Wildman–Crippen LogP) is 3.16. The molecule has 0 radical (unpaired) electrons. The number of Topliss-reactive ketones (excluding diaryl/α,β-unsaturated/α-hetero) is 1. The van der Waals surface area contributed by atoms with E-state index < -0.39 is 15.8 Å². The largest absolute Gasteiger partial charge is 0.368 e. The van der Waals surface area contributed by atoms with Crippen LogP contribution >= 0.6 is 0 Å². The van der Waals surface area contributed by atoms with Crippen LogP contribution in [0.5, 0.6) is 0 Å². The molecule has 0 amide bonds. The van der Waals surface area contributed by atoms with E-state index in [-0.39, 0.29) is 24.4 Å². The Hall–Kier alpha value is -2.25. The van der Waals surface area contributed by atoms with Crippen molar-refractivity contribution in [1.82, 2.24) is 4.31 Å². The highest BCUT2D eigenvalue weighted by Gasteiger charge is 2.31. The van der Waals surface area contributed by atoms with Gasteiger partial charge in [0.05, 0.1) is 16.1 Å². The van der Waals surface area contributed by atoms with Gasteiger partial charge in [0.15, 0.2) is 5.78 Å². The summed E-state index contributed by atoms with van der Waals surface area (Å²) >= 11 is 0. The highest BCUT2D eigenvalue weighted by atomic mass is 32.2. The summed E-state index contributed by atoms with van der Waals surface area (Å²) in [5, 5.41) is 0. The number of halogens is 1. The molecule has 1 aliphatic heterocycles. The van der Waals surface area contributed by atoms with Crippen LogP contribution in [0.2, 0.25) is 0 Å². The van der Waals surface area contributed by atoms with Crippen molar-refractivity contribution >= 4 is 21.5 Å². The van der Waals surface area contributed by atoms with Gasteiger partial charge in [0.2, 0.25) is 10.0 Å². The normalized spacial score (nSPS) is 15.8. The van der Waals surface area contributed by atoms with Crippen LogP contribution in [0.1, 0.15) is 28.4 Å². The molecule has 1 saturated heterocycles. The molecule has 5 nitrogen and oxygen atoms in total. The molecular formula is C20H23FN2O3S. The van der Waals surface area contributed by atoms with Gasteiger partial charge in [-0.15, -0.1) is 0 Å². The molecule has 7 heteroatoms. The molecule has 1 fully saturated rings. The highest BCUT2D eigenvalue weighted by molar-refractivity contribution is 7.89. The van der Waals surface area contributed by atoms with Gasteiger partial charge < -0.3 is 4.90 Å². The first kappa shape index (κ1) is 19.5. The van der Waals surface area contributed by atoms with Gasteiger partial charge in [-0.3, -0.25) is 4.79 Å². The van der Waals surface area contributed by atoms with Crippen molar-refractivity contribution in [3.05, 3.63) is 58.9 Å². The summed E-state index contributed by atoms with van der Waals surface area (Å²) in [5.74, 6) is -0.890. The fourth-order valence-electron chi connectivity index (χ4n) is 3.42. The zero-order valence-corrected chi connectivity index (χ0v) is 16.5. The number of nitrogens with zero attached hydrogens (tertiary/aromatic N) is 2. The van der Waals surface area contributed by atoms with Crippen molar-refractivity contribution < 1.29 is 17.6 Å². The average Bonchev–Trinajstić information content (AvgIpc) is 2.63. The van der Waals surface area contributed by atoms with Gasteiger partial charge in [-0.05, 0) is 50.1 Å². The molecule has 0 unspecified atom stereocenters. The minimum Gasteiger partial charge on any atom is -0.368 e. The summed E-state index contributed by atoms with van der Waals surface area (Å²) in [6, 6.07) is 9.92. The van der Waals surface area contributed by atoms with E-state index in [1.54, 1.807) is 25.1 Å². The molecule has 1 heterocycles. The van der Waals surface area contributed by atoms with E-state index in [9.17, 15) is 17.6 Å². The third kappa shape index (κ3) is 3.75. The minimum atomic E-state index is -3.59. The van der Waals surface area contributed by atoms with Crippen LogP contribution < -0.4 is 4.90 Å². The average molecular weight is 390 g/mol. The number of piperazine rings is 1. The van der Waals surface area contributed by atoms with E-state index in [4.69, 9.17) is 0 Å². The summed E-state index contributed by atoms with van der Waals surface area (Å²) in [4.78, 5) is 14.0. The summed E-state index contributed by atoms with van der Waals surface area (Å²) < 4.78 is 41.6. The van der Waals surface area contributed by atoms with Crippen LogP contribution in [0, 0.1) is 19.7 Å². The lowest BCUT2D eigenvalue weighted by atomic mass is 10.1. The van der Waals surface area contributed by atoms with E-state index >= 15 is 0 Å². The van der Waals surface area contributed by atoms with Crippen molar-refractivity contribution in [2.75, 3.05) is 31.1 Å². The molecule has 144 valence electrons. The Morgan fingerprint density at radius 1 is 1.04 bits per heavy atom. The van der Waals surface area contributed by atoms with E-state index in [0.29, 0.717) is 29.2 Å². The van der Waals surface area contributed by atoms with Crippen molar-refractivity contribution in [2.24, 2.45) is 0 Å². The van der Waals surface area contributed by atoms with Gasteiger partial charge in [0.25, 0.3) is 0 Å². The third-order valence-electron chi connectivity index (χ3n) is 4.88. The number of sulfonamides is 1. The Morgan fingerprint density at radius 3 is 2.33 bits per heavy atom. The molecule has 0 N–H and O–H groups in total. The molecule has 0 atom stereocenters. The quantitative estimate of drug-likeness (QED) is 0.753. The van der Waals surface area contributed by atoms with Gasteiger partial charge in [-0.2, -0.15) is 4.31 Å². The summed E-state index contributed by atoms with van der Waals surface area (Å²) in [7, 11) is -3.59. The second-order valence-corrected chi connectivity index (χ2v) is 8.76. The molecule has 2 aromatic rings. The smallest absolute Gasteiger partial charge is 0.243 e. The molecule has 0 spiro atoms. The first-order chi connectivity index (χ1) is 12.7. The van der Waals surface area contributed by atoms with Crippen molar-refractivity contribution in [1.29, 1.82) is 0 Å². The fraction of sp³-hybridized carbons (Fsp3) is 0.350. The Bertz CT molecular complexity index is 981. The van der Waals surface area contributed by atoms with Gasteiger partial charge >= 0.3 is 0 Å². The maximum absolute atomic E-state index is 14.1. The van der Waals surface area contributed by atoms with Gasteiger partial charge in [0, 0.05) is 26.2 Å². The van der Waals surface area contributed by atoms with Crippen LogP contribution in [-0.4, -0.2) is 44.7 Å². The van der Waals surface area contributed by atoms with E-state index in [0.717, 1.165) is 5.56 Å². The fourth-order valence-corrected chi connectivity index (χ4v) is 5.15. The summed E-state index contributed by atoms with van der Waals surface area (Å²) in [6.45, 7) is 6.34. The van der Waals surface area contributed by atoms with Crippen LogP contribution in [0.25, 0.3) is 0 Å². The number of rotatable bonds is 4. The minimum absolute atomic E-state index is 0.0586. The zero-order valence-electron chi connectivity index (χ0n) is 15.7. The summed E-state index contributed by atoms with van der Waals surface area (Å²) in [5.41, 5.74) is 2.19. The molecule has 2 aromatic carbocycles. The van der Waals surface area contributed by atoms with Crippen LogP contribution in [-0.2, 0) is 10.0 Å². The molecule has 27 heavy (non-hydrogen) atoms. The number of aryl methyl sites for hydroxylation is 2. The topological polar surface area (TPSA) is 57.7 Å². The summed E-state index contributed by atoms with van der Waals surface area (Å²) in [6.07, 6.45) is 0. The predicted molar refractivity (Wildman–Crippen MR) is 103 cm³/mol. The number of anilines is 1. The molecule has 3 rings (SSSR count). The monoisotopic (exact) mass is 390 g/mol. The lowest BCUT2D eigenvalue weighted by Gasteiger charge is -2.36. The van der Waals surface area contributed by atoms with Gasteiger partial charge in [-0.25, -0.2) is 12.8 Å². The van der Waals surface area contributed by atoms with Crippen molar-refractivity contribution in [2.45, 2.75) is 25.7 Å². The van der Waals surface area contributed by atoms with E-state index in [1.165, 1.54) is 17.3 Å². The molecule has 0 saturated carbocycles. The first-order valence-corrected chi connectivity index (χ1v) is 10.3. The second kappa shape index (κ2) is 7.40. The van der Waals surface area contributed by atoms with Crippen LogP contribution in [0.15, 0.2) is 41.3 Å². The van der Waals surface area contributed by atoms with Gasteiger partial charge in [0.1, 0.15) is 5.82 Å². The molecule has 0 aliphatic carbocycles. The highest BCUT2D eigenvalue weighted by Crippen LogP contribution is 2.27. The number of hydrogen-bond acceptors (Lipinski definition) is 4. The Labute approximate surface area is 159 Å². The van der Waals surface area contributed by atoms with E-state index in [2.05, 4.69) is 0 Å². The lowest BCUT2D eigenvalue weighted by Crippen LogP contribution is -2.49. The second-order valence-electron chi connectivity index (χ2n) is 6.85. The van der Waals surface area contributed by atoms with Gasteiger partial charge in [-0.1, -0.05) is 18.2 Å². The lowest BCUT2D eigenvalue weighted by molar-refractivity contribution is 0.101. The SMILES string of the molecule is CC(=O)c1c(F)cccc1N1CCN(S(=O)(=O)c2cc(C)ccc2C)CC1. The molecule has 1 aliphatic rings. The number of hydrogen-bond donors (Lipinski definition) is 0. The molecule has 0 bridgehead atoms. The van der Waals surface area contributed by atoms with Crippen LogP contribution in [0.3, 0.4) is 0 Å². The standard InChI is InChI=1S/C20H23FN2O3S/c1-14-7-8-15(2)19(13-14)27(25,26)23-11-9-22(10-12-23)18-6-4-5-17(21)20(18)16(3)24/h4-8,13H,9-12H2,1-3H3. The third-order valence-corrected chi connectivity index (χ3v) is 6.93. The maximum Gasteiger partial charge on any atom is 0.243 e. The number of carbonyl (C=O) groups excluding carboxylic acids is 1. The first-order valence-electron chi connectivity index (χ1n) is 8.83. The van der Waals surface area contributed by atoms with Crippen LogP contribution in [0.4, 0.5) is 10.1 Å². The number of ketones is 1. The molecular weight excluding hydrogens is 367 g/mol. The van der Waals surface area contributed by atoms with Crippen molar-refractivity contribution in [3.8, 4) is 0 Å². The van der Waals surface area contributed by atoms with E-state index in [1.807, 2.05) is 24.0 Å². The van der Waals surface area contributed by atoms with Crippen molar-refractivity contribution in [3.63, 3.8) is 0 Å². The number of carbonyl (C=O) groups is 1. The Morgan fingerprint density at radius 2 is 1.70 bits per heavy atom. The Kier molecular flexibility index (Phi) is 5.35. The Balaban J connectivity index is 1.83. The maximum atomic E-state index is 14.1.